The van der Waals surface area contributed by atoms with Gasteiger partial charge in [0.15, 0.2) is 0 Å². The third-order valence-corrected chi connectivity index (χ3v) is 2.81. The number of ether oxygens (including phenoxy) is 1. The summed E-state index contributed by atoms with van der Waals surface area (Å²) in [7, 11) is 1.88. The quantitative estimate of drug-likeness (QED) is 0.808. The van der Waals surface area contributed by atoms with Crippen molar-refractivity contribution in [3.8, 4) is 17.6 Å². The summed E-state index contributed by atoms with van der Waals surface area (Å²) in [5.74, 6) is 7.35. The van der Waals surface area contributed by atoms with Gasteiger partial charge < -0.3 is 14.1 Å². The van der Waals surface area contributed by atoms with Gasteiger partial charge in [0.05, 0.1) is 6.54 Å². The lowest BCUT2D eigenvalue weighted by molar-refractivity contribution is 0.370. The molecule has 0 fully saturated rings. The summed E-state index contributed by atoms with van der Waals surface area (Å²) in [6, 6.07) is 12.8. The Morgan fingerprint density at radius 3 is 2.67 bits per heavy atom. The number of anilines is 1. The van der Waals surface area contributed by atoms with Crippen molar-refractivity contribution >= 4 is 5.69 Å². The highest BCUT2D eigenvalue weighted by Gasteiger charge is 2.02. The summed E-state index contributed by atoms with van der Waals surface area (Å²) < 4.78 is 10.4. The van der Waals surface area contributed by atoms with Crippen molar-refractivity contribution in [2.75, 3.05) is 25.1 Å². The molecule has 2 aromatic rings. The molecule has 4 heteroatoms. The van der Waals surface area contributed by atoms with E-state index in [1.807, 2.05) is 48.3 Å². The Balaban J connectivity index is 1.85. The first-order valence-electron chi connectivity index (χ1n) is 6.61. The minimum absolute atomic E-state index is 0.341. The second-order valence-corrected chi connectivity index (χ2v) is 4.56. The molecule has 0 radical (unpaired) electrons. The van der Waals surface area contributed by atoms with E-state index in [-0.39, 0.29) is 5.63 Å². The summed E-state index contributed by atoms with van der Waals surface area (Å²) in [5, 5.41) is 0. The fraction of sp³-hybridized carbons (Fsp3) is 0.235. The number of rotatable bonds is 4. The van der Waals surface area contributed by atoms with E-state index in [0.29, 0.717) is 18.9 Å². The molecule has 0 unspecified atom stereocenters. The highest BCUT2D eigenvalue weighted by Crippen LogP contribution is 2.10. The molecule has 0 atom stereocenters. The molecule has 1 aromatic heterocycles. The van der Waals surface area contributed by atoms with Crippen LogP contribution in [0.3, 0.4) is 0 Å². The molecule has 0 spiro atoms. The Morgan fingerprint density at radius 1 is 1.19 bits per heavy atom. The molecule has 0 N–H and O–H groups in total. The molecule has 1 heterocycles. The smallest absolute Gasteiger partial charge is 0.337 e. The zero-order chi connectivity index (χ0) is 15.1. The van der Waals surface area contributed by atoms with Crippen LogP contribution >= 0.6 is 0 Å². The van der Waals surface area contributed by atoms with E-state index in [2.05, 4.69) is 11.8 Å². The third-order valence-electron chi connectivity index (χ3n) is 2.81. The van der Waals surface area contributed by atoms with E-state index in [4.69, 9.17) is 9.15 Å². The first-order chi connectivity index (χ1) is 10.1. The SMILES string of the molecule is Cc1cc(N(C)CC#CCOc2ccccc2)cc(=O)o1. The van der Waals surface area contributed by atoms with Gasteiger partial charge in [0, 0.05) is 18.8 Å². The predicted octanol–water partition coefficient (Wildman–Crippen LogP) is 2.47. The fourth-order valence-electron chi connectivity index (χ4n) is 1.76. The Hall–Kier alpha value is -2.67. The molecular formula is C17H17NO3. The molecule has 4 nitrogen and oxygen atoms in total. The van der Waals surface area contributed by atoms with Gasteiger partial charge in [0.25, 0.3) is 0 Å². The highest BCUT2D eigenvalue weighted by atomic mass is 16.5. The maximum Gasteiger partial charge on any atom is 0.337 e. The van der Waals surface area contributed by atoms with Crippen LogP contribution in [0.2, 0.25) is 0 Å². The lowest BCUT2D eigenvalue weighted by Crippen LogP contribution is -2.19. The monoisotopic (exact) mass is 283 g/mol. The van der Waals surface area contributed by atoms with Crippen molar-refractivity contribution in [2.24, 2.45) is 0 Å². The Labute approximate surface area is 124 Å². The van der Waals surface area contributed by atoms with Crippen LogP contribution in [-0.4, -0.2) is 20.2 Å². The minimum Gasteiger partial charge on any atom is -0.481 e. The highest BCUT2D eigenvalue weighted by molar-refractivity contribution is 5.45. The zero-order valence-electron chi connectivity index (χ0n) is 12.1. The van der Waals surface area contributed by atoms with E-state index in [1.165, 1.54) is 6.07 Å². The largest absolute Gasteiger partial charge is 0.481 e. The second-order valence-electron chi connectivity index (χ2n) is 4.56. The van der Waals surface area contributed by atoms with Crippen molar-refractivity contribution in [3.05, 3.63) is 58.6 Å². The number of benzene rings is 1. The van der Waals surface area contributed by atoms with E-state index < -0.39 is 0 Å². The van der Waals surface area contributed by atoms with Crippen LogP contribution in [0.4, 0.5) is 5.69 Å². The van der Waals surface area contributed by atoms with Crippen molar-refractivity contribution in [3.63, 3.8) is 0 Å². The topological polar surface area (TPSA) is 42.7 Å². The molecule has 0 saturated heterocycles. The molecule has 108 valence electrons. The summed E-state index contributed by atoms with van der Waals surface area (Å²) in [6.07, 6.45) is 0. The van der Waals surface area contributed by atoms with Gasteiger partial charge >= 0.3 is 5.63 Å². The van der Waals surface area contributed by atoms with Crippen LogP contribution in [0.25, 0.3) is 0 Å². The van der Waals surface area contributed by atoms with Gasteiger partial charge in [-0.1, -0.05) is 30.0 Å². The minimum atomic E-state index is -0.350. The van der Waals surface area contributed by atoms with E-state index in [1.54, 1.807) is 6.92 Å². The van der Waals surface area contributed by atoms with Gasteiger partial charge in [-0.2, -0.15) is 0 Å². The lowest BCUT2D eigenvalue weighted by atomic mass is 10.3. The van der Waals surface area contributed by atoms with Crippen molar-refractivity contribution < 1.29 is 9.15 Å². The average Bonchev–Trinajstić information content (AvgIpc) is 2.47. The number of nitrogens with zero attached hydrogens (tertiary/aromatic N) is 1. The van der Waals surface area contributed by atoms with Crippen LogP contribution in [0.15, 0.2) is 51.7 Å². The first-order valence-corrected chi connectivity index (χ1v) is 6.61. The first kappa shape index (κ1) is 14.7. The summed E-state index contributed by atoms with van der Waals surface area (Å²) in [4.78, 5) is 13.2. The normalized spacial score (nSPS) is 9.62. The molecule has 0 aliphatic rings. The van der Waals surface area contributed by atoms with E-state index in [0.717, 1.165) is 11.4 Å². The van der Waals surface area contributed by atoms with Crippen LogP contribution in [-0.2, 0) is 0 Å². The lowest BCUT2D eigenvalue weighted by Gasteiger charge is -2.15. The number of para-hydroxylation sites is 1. The number of aryl methyl sites for hydroxylation is 1. The van der Waals surface area contributed by atoms with Gasteiger partial charge in [-0.05, 0) is 25.1 Å². The molecule has 0 saturated carbocycles. The van der Waals surface area contributed by atoms with Gasteiger partial charge in [-0.25, -0.2) is 4.79 Å². The van der Waals surface area contributed by atoms with Gasteiger partial charge in [0.2, 0.25) is 0 Å². The zero-order valence-corrected chi connectivity index (χ0v) is 12.1. The Morgan fingerprint density at radius 2 is 1.95 bits per heavy atom. The van der Waals surface area contributed by atoms with Gasteiger partial charge in [0.1, 0.15) is 18.1 Å². The second kappa shape index (κ2) is 7.20. The fourth-order valence-corrected chi connectivity index (χ4v) is 1.76. The van der Waals surface area contributed by atoms with Crippen LogP contribution in [0.5, 0.6) is 5.75 Å². The van der Waals surface area contributed by atoms with Crippen molar-refractivity contribution in [2.45, 2.75) is 6.92 Å². The van der Waals surface area contributed by atoms with Crippen molar-refractivity contribution in [1.82, 2.24) is 0 Å². The third kappa shape index (κ3) is 4.73. The average molecular weight is 283 g/mol. The van der Waals surface area contributed by atoms with E-state index >= 15 is 0 Å². The molecule has 1 aromatic carbocycles. The molecule has 0 amide bonds. The molecule has 2 rings (SSSR count). The molecule has 0 aliphatic carbocycles. The van der Waals surface area contributed by atoms with Crippen molar-refractivity contribution in [1.29, 1.82) is 0 Å². The summed E-state index contributed by atoms with van der Waals surface area (Å²) in [6.45, 7) is 2.60. The number of hydrogen-bond donors (Lipinski definition) is 0. The predicted molar refractivity (Wildman–Crippen MR) is 82.7 cm³/mol. The molecule has 0 aliphatic heterocycles. The van der Waals surface area contributed by atoms with Crippen LogP contribution in [0.1, 0.15) is 5.76 Å². The van der Waals surface area contributed by atoms with Crippen LogP contribution < -0.4 is 15.3 Å². The maximum absolute atomic E-state index is 11.3. The standard InChI is InChI=1S/C17H17NO3/c1-14-12-15(13-17(19)21-14)18(2)10-6-7-11-20-16-8-4-3-5-9-16/h3-5,8-9,12-13H,10-11H2,1-2H3. The maximum atomic E-state index is 11.3. The summed E-state index contributed by atoms with van der Waals surface area (Å²) >= 11 is 0. The van der Waals surface area contributed by atoms with Gasteiger partial charge in [-0.15, -0.1) is 0 Å². The summed E-state index contributed by atoms with van der Waals surface area (Å²) in [5.41, 5.74) is 0.444. The molecular weight excluding hydrogens is 266 g/mol. The Bertz CT molecular complexity index is 695. The number of hydrogen-bond acceptors (Lipinski definition) is 4. The molecule has 21 heavy (non-hydrogen) atoms. The van der Waals surface area contributed by atoms with Gasteiger partial charge in [-0.3, -0.25) is 0 Å². The Kier molecular flexibility index (Phi) is 5.05. The molecule has 0 bridgehead atoms. The van der Waals surface area contributed by atoms with E-state index in [9.17, 15) is 4.79 Å². The van der Waals surface area contributed by atoms with Crippen LogP contribution in [0, 0.1) is 18.8 Å².